The molecule has 4 saturated carbocycles. The Morgan fingerprint density at radius 1 is 0.377 bits per heavy atom. The Balaban J connectivity index is 0.998. The van der Waals surface area contributed by atoms with Gasteiger partial charge < -0.3 is 4.74 Å². The zero-order valence-electron chi connectivity index (χ0n) is 28.6. The lowest BCUT2D eigenvalue weighted by Crippen LogP contribution is -2.68. The average Bonchev–Trinajstić information content (AvgIpc) is 4.00. The van der Waals surface area contributed by atoms with Crippen LogP contribution in [0, 0.1) is 71.0 Å². The predicted molar refractivity (Wildman–Crippen MR) is 183 cm³/mol. The van der Waals surface area contributed by atoms with E-state index in [2.05, 4.69) is 48.5 Å². The van der Waals surface area contributed by atoms with Crippen molar-refractivity contribution in [1.82, 2.24) is 0 Å². The molecule has 0 radical (unpaired) electrons. The molecule has 10 unspecified atom stereocenters. The molecule has 10 bridgehead atoms. The number of hydrogen-bond acceptors (Lipinski definition) is 1. The van der Waals surface area contributed by atoms with Gasteiger partial charge in [0.05, 0.1) is 0 Å². The van der Waals surface area contributed by atoms with Crippen LogP contribution in [0.4, 0.5) is 26.3 Å². The highest BCUT2D eigenvalue weighted by molar-refractivity contribution is 5.60. The van der Waals surface area contributed by atoms with Gasteiger partial charge in [0.1, 0.15) is 0 Å². The van der Waals surface area contributed by atoms with E-state index in [9.17, 15) is 0 Å². The number of hydrogen-bond donors (Lipinski definition) is 0. The topological polar surface area (TPSA) is 9.23 Å². The predicted octanol–water partition coefficient (Wildman–Crippen LogP) is 10.4. The molecule has 0 spiro atoms. The fourth-order valence-electron chi connectivity index (χ4n) is 17.7. The number of benzene rings is 4. The highest BCUT2D eigenvalue weighted by Crippen LogP contribution is 2.89. The summed E-state index contributed by atoms with van der Waals surface area (Å²) in [4.78, 5) is 0. The lowest BCUT2D eigenvalue weighted by atomic mass is 9.40. The molecule has 7 heteroatoms. The highest BCUT2D eigenvalue weighted by Gasteiger charge is 2.96. The third-order valence-corrected chi connectivity index (χ3v) is 18.0. The molecule has 1 nitrogen and oxygen atoms in total. The van der Waals surface area contributed by atoms with Crippen LogP contribution in [-0.2, 0) is 4.74 Å². The van der Waals surface area contributed by atoms with Gasteiger partial charge in [0.25, 0.3) is 0 Å². The van der Waals surface area contributed by atoms with Crippen molar-refractivity contribution >= 4 is 0 Å². The molecule has 0 N–H and O–H groups in total. The molecule has 53 heavy (non-hydrogen) atoms. The van der Waals surface area contributed by atoms with Gasteiger partial charge in [-0.25, -0.2) is 0 Å². The summed E-state index contributed by atoms with van der Waals surface area (Å²) in [6.45, 7) is 0. The lowest BCUT2D eigenvalue weighted by molar-refractivity contribution is -0.329. The Labute approximate surface area is 303 Å². The zero-order chi connectivity index (χ0) is 35.3. The van der Waals surface area contributed by atoms with Crippen molar-refractivity contribution in [3.8, 4) is 0 Å². The molecule has 2 aliphatic heterocycles. The molecule has 12 aliphatic rings. The highest BCUT2D eigenvalue weighted by atomic mass is 19.4. The Morgan fingerprint density at radius 2 is 0.585 bits per heavy atom. The monoisotopic (exact) mass is 718 g/mol. The maximum absolute atomic E-state index is 16.6. The maximum Gasteiger partial charge on any atom is 0.418 e. The van der Waals surface area contributed by atoms with Crippen molar-refractivity contribution in [2.24, 2.45) is 71.0 Å². The van der Waals surface area contributed by atoms with E-state index in [4.69, 9.17) is 4.74 Å². The van der Waals surface area contributed by atoms with Crippen molar-refractivity contribution in [1.29, 1.82) is 0 Å². The lowest BCUT2D eigenvalue weighted by Gasteiger charge is -2.62. The van der Waals surface area contributed by atoms with Crippen LogP contribution in [0.15, 0.2) is 97.1 Å². The van der Waals surface area contributed by atoms with Crippen molar-refractivity contribution in [2.45, 2.75) is 60.1 Å². The first-order chi connectivity index (χ1) is 25.6. The average molecular weight is 719 g/mol. The first-order valence-electron chi connectivity index (χ1n) is 19.8. The van der Waals surface area contributed by atoms with E-state index in [1.165, 1.54) is 0 Å². The molecular weight excluding hydrogens is 682 g/mol. The van der Waals surface area contributed by atoms with E-state index in [1.54, 1.807) is 0 Å². The number of halogens is 6. The molecule has 0 amide bonds. The Kier molecular flexibility index (Phi) is 4.92. The second-order valence-electron chi connectivity index (χ2n) is 18.6. The molecular formula is C46H36F6O. The van der Waals surface area contributed by atoms with Gasteiger partial charge in [-0.15, -0.1) is 0 Å². The van der Waals surface area contributed by atoms with E-state index < -0.39 is 70.9 Å². The van der Waals surface area contributed by atoms with Gasteiger partial charge in [-0.1, -0.05) is 97.1 Å². The quantitative estimate of drug-likeness (QED) is 0.165. The molecule has 4 aromatic carbocycles. The second kappa shape index (κ2) is 8.77. The van der Waals surface area contributed by atoms with Gasteiger partial charge in [0, 0.05) is 47.3 Å². The third-order valence-electron chi connectivity index (χ3n) is 18.0. The summed E-state index contributed by atoms with van der Waals surface area (Å²) in [5, 5.41) is 0. The molecule has 6 fully saturated rings. The van der Waals surface area contributed by atoms with Crippen LogP contribution in [0.3, 0.4) is 0 Å². The fourth-order valence-corrected chi connectivity index (χ4v) is 17.7. The molecule has 2 heterocycles. The summed E-state index contributed by atoms with van der Waals surface area (Å²) in [6, 6.07) is 33.0. The van der Waals surface area contributed by atoms with E-state index >= 15 is 26.3 Å². The normalized spacial score (nSPS) is 48.5. The smallest absolute Gasteiger partial charge is 0.348 e. The summed E-state index contributed by atoms with van der Waals surface area (Å²) in [7, 11) is 0. The van der Waals surface area contributed by atoms with E-state index in [0.29, 0.717) is 12.8 Å². The van der Waals surface area contributed by atoms with Crippen LogP contribution >= 0.6 is 0 Å². The first kappa shape index (κ1) is 29.7. The van der Waals surface area contributed by atoms with Gasteiger partial charge in [0.15, 0.2) is 11.2 Å². The molecule has 268 valence electrons. The van der Waals surface area contributed by atoms with Gasteiger partial charge >= 0.3 is 12.4 Å². The van der Waals surface area contributed by atoms with Gasteiger partial charge in [-0.05, 0) is 105 Å². The fraction of sp³-hybridized carbons (Fsp3) is 0.478. The maximum atomic E-state index is 16.6. The summed E-state index contributed by atoms with van der Waals surface area (Å²) >= 11 is 0. The second-order valence-corrected chi connectivity index (χ2v) is 18.6. The van der Waals surface area contributed by atoms with Crippen molar-refractivity contribution in [3.05, 3.63) is 142 Å². The summed E-state index contributed by atoms with van der Waals surface area (Å²) < 4.78 is 106. The molecule has 10 aliphatic carbocycles. The van der Waals surface area contributed by atoms with E-state index in [1.807, 2.05) is 48.5 Å². The molecule has 0 aromatic heterocycles. The van der Waals surface area contributed by atoms with Crippen molar-refractivity contribution < 1.29 is 31.1 Å². The minimum atomic E-state index is -4.92. The summed E-state index contributed by atoms with van der Waals surface area (Å²) in [5.41, 5.74) is 3.70. The van der Waals surface area contributed by atoms with Crippen molar-refractivity contribution in [3.63, 3.8) is 0 Å². The minimum absolute atomic E-state index is 0.109. The minimum Gasteiger partial charge on any atom is -0.348 e. The van der Waals surface area contributed by atoms with Crippen LogP contribution in [0.1, 0.15) is 81.0 Å². The Hall–Kier alpha value is -3.58. The van der Waals surface area contributed by atoms with Crippen LogP contribution in [0.25, 0.3) is 0 Å². The number of rotatable bonds is 0. The largest absolute Gasteiger partial charge is 0.418 e. The standard InChI is InChI=1S/C46H36F6O/c47-45(48,49)43-39-27-17-28(36-32-20-10-2-1-9-19(20)31(35(27)36)21-11-3-4-12-22(21)32)40(39)44(53-43,46(50,51)52)42-30-18-29(41(42)43)37-33-23-13-5-7-15-25(23)34(38(30)37)26-16-8-6-14-24(26)33/h1-16,27-42H,17-18H2/t27?,28?,29?,30?,31?,32?,33?,34?,35-,36?,37+,38?,39-,40?,41+,42?,43?,44?. The molecule has 4 aromatic rings. The molecule has 2 saturated heterocycles. The van der Waals surface area contributed by atoms with Gasteiger partial charge in [-0.2, -0.15) is 26.3 Å². The number of alkyl halides is 6. The SMILES string of the molecule is FC(F)(F)C12OC(C(F)(F)F)([C@@H]3C4CC(C5C6c7ccccc7C(c7ccccc76)[C@H]54)C31)[C@H]1C3CC(C4C5c6ccccc6C(c6ccccc65)[C@@H]43)C12. The van der Waals surface area contributed by atoms with Crippen LogP contribution in [-0.4, -0.2) is 23.6 Å². The summed E-state index contributed by atoms with van der Waals surface area (Å²) in [5.74, 6) is -7.60. The van der Waals surface area contributed by atoms with Crippen LogP contribution < -0.4 is 0 Å². The number of ether oxygens (including phenoxy) is 1. The Bertz CT molecular complexity index is 1930. The Morgan fingerprint density at radius 3 is 0.774 bits per heavy atom. The third kappa shape index (κ3) is 2.82. The van der Waals surface area contributed by atoms with Crippen LogP contribution in [0.2, 0.25) is 0 Å². The molecule has 16 rings (SSSR count). The molecule has 14 atom stereocenters. The summed E-state index contributed by atoms with van der Waals surface area (Å²) in [6.07, 6.45) is -8.98. The van der Waals surface area contributed by atoms with E-state index in [0.717, 1.165) is 44.5 Å². The number of fused-ring (bicyclic) bond motifs is 16. The van der Waals surface area contributed by atoms with Crippen LogP contribution in [0.5, 0.6) is 0 Å². The zero-order valence-corrected chi connectivity index (χ0v) is 28.6. The van der Waals surface area contributed by atoms with Crippen molar-refractivity contribution in [2.75, 3.05) is 0 Å². The van der Waals surface area contributed by atoms with E-state index in [-0.39, 0.29) is 47.3 Å². The first-order valence-corrected chi connectivity index (χ1v) is 19.8. The van der Waals surface area contributed by atoms with Gasteiger partial charge in [-0.3, -0.25) is 0 Å². The van der Waals surface area contributed by atoms with Gasteiger partial charge in [0.2, 0.25) is 0 Å².